The van der Waals surface area contributed by atoms with Crippen LogP contribution in [-0.4, -0.2) is 39.7 Å². The highest BCUT2D eigenvalue weighted by molar-refractivity contribution is 5.97. The van der Waals surface area contributed by atoms with E-state index in [4.69, 9.17) is 4.98 Å². The minimum atomic E-state index is 0.644. The number of hydrogen-bond acceptors (Lipinski definition) is 5. The summed E-state index contributed by atoms with van der Waals surface area (Å²) in [6.07, 6.45) is 7.25. The Labute approximate surface area is 177 Å². The van der Waals surface area contributed by atoms with E-state index in [1.165, 1.54) is 0 Å². The van der Waals surface area contributed by atoms with Crippen LogP contribution in [0.2, 0.25) is 0 Å². The smallest absolute Gasteiger partial charge is 0.178 e. The molecule has 0 atom stereocenters. The van der Waals surface area contributed by atoms with Gasteiger partial charge in [-0.25, -0.2) is 15.0 Å². The molecule has 31 heavy (non-hydrogen) atoms. The number of H-pyrrole nitrogens is 2. The van der Waals surface area contributed by atoms with Gasteiger partial charge in [0.25, 0.3) is 0 Å². The molecule has 1 aromatic carbocycles. The van der Waals surface area contributed by atoms with Crippen LogP contribution in [0.4, 0.5) is 0 Å². The van der Waals surface area contributed by atoms with Crippen molar-refractivity contribution in [2.24, 2.45) is 7.05 Å². The number of nitrogens with one attached hydrogen (secondary N) is 2. The van der Waals surface area contributed by atoms with E-state index >= 15 is 0 Å². The second kappa shape index (κ2) is 6.60. The molecule has 150 valence electrons. The highest BCUT2D eigenvalue weighted by Crippen LogP contribution is 2.32. The van der Waals surface area contributed by atoms with Crippen LogP contribution in [0.3, 0.4) is 0 Å². The van der Waals surface area contributed by atoms with Crippen molar-refractivity contribution >= 4 is 22.1 Å². The zero-order valence-corrected chi connectivity index (χ0v) is 17.0. The highest BCUT2D eigenvalue weighted by atomic mass is 15.1. The van der Waals surface area contributed by atoms with Crippen LogP contribution < -0.4 is 0 Å². The summed E-state index contributed by atoms with van der Waals surface area (Å²) in [6, 6.07) is 12.1. The van der Waals surface area contributed by atoms with E-state index in [2.05, 4.69) is 46.8 Å². The molecule has 0 aliphatic heterocycles. The van der Waals surface area contributed by atoms with Crippen LogP contribution in [0, 0.1) is 6.92 Å². The number of benzene rings is 1. The van der Waals surface area contributed by atoms with Crippen LogP contribution in [0.25, 0.3) is 56.0 Å². The molecule has 0 saturated heterocycles. The van der Waals surface area contributed by atoms with Gasteiger partial charge in [-0.1, -0.05) is 12.1 Å². The van der Waals surface area contributed by atoms with Crippen LogP contribution in [0.15, 0.2) is 61.2 Å². The Kier molecular flexibility index (Phi) is 3.73. The van der Waals surface area contributed by atoms with Crippen molar-refractivity contribution in [1.82, 2.24) is 39.7 Å². The first-order chi connectivity index (χ1) is 15.2. The molecule has 0 radical (unpaired) electrons. The number of aryl methyl sites for hydroxylation is 1. The van der Waals surface area contributed by atoms with E-state index in [0.29, 0.717) is 11.5 Å². The predicted octanol–water partition coefficient (Wildman–Crippen LogP) is 4.27. The van der Waals surface area contributed by atoms with Gasteiger partial charge in [-0.3, -0.25) is 10.1 Å². The largest absolute Gasteiger partial charge is 0.335 e. The third-order valence-electron chi connectivity index (χ3n) is 5.67. The molecule has 0 spiro atoms. The normalized spacial score (nSPS) is 11.5. The summed E-state index contributed by atoms with van der Waals surface area (Å²) < 4.78 is 2.08. The van der Waals surface area contributed by atoms with Gasteiger partial charge in [0, 0.05) is 47.7 Å². The number of rotatable bonds is 3. The van der Waals surface area contributed by atoms with Crippen molar-refractivity contribution in [2.45, 2.75) is 6.92 Å². The van der Waals surface area contributed by atoms with Gasteiger partial charge in [0.15, 0.2) is 11.5 Å². The van der Waals surface area contributed by atoms with Crippen LogP contribution in [0.1, 0.15) is 5.82 Å². The maximum Gasteiger partial charge on any atom is 0.178 e. The molecular weight excluding hydrogens is 388 g/mol. The lowest BCUT2D eigenvalue weighted by Crippen LogP contribution is -1.94. The summed E-state index contributed by atoms with van der Waals surface area (Å²) in [7, 11) is 2.02. The molecule has 0 saturated carbocycles. The van der Waals surface area contributed by atoms with Gasteiger partial charge in [-0.05, 0) is 31.2 Å². The molecule has 8 heteroatoms. The number of hydrogen-bond donors (Lipinski definition) is 2. The second-order valence-electron chi connectivity index (χ2n) is 7.47. The Hall–Kier alpha value is -4.33. The number of pyridine rings is 2. The minimum Gasteiger partial charge on any atom is -0.335 e. The molecular formula is C23H18N8. The van der Waals surface area contributed by atoms with E-state index in [0.717, 1.165) is 50.3 Å². The van der Waals surface area contributed by atoms with E-state index in [1.54, 1.807) is 12.4 Å². The van der Waals surface area contributed by atoms with E-state index in [9.17, 15) is 0 Å². The molecule has 0 aliphatic rings. The van der Waals surface area contributed by atoms with Crippen LogP contribution >= 0.6 is 0 Å². The summed E-state index contributed by atoms with van der Waals surface area (Å²) in [5.41, 5.74) is 7.34. The summed E-state index contributed by atoms with van der Waals surface area (Å²) in [4.78, 5) is 21.3. The Morgan fingerprint density at radius 1 is 0.968 bits per heavy atom. The maximum atomic E-state index is 4.73. The summed E-state index contributed by atoms with van der Waals surface area (Å²) >= 11 is 0. The standard InChI is InChI=1S/C23H18N8/c1-13-26-12-19(31(13)2)14-5-6-18-17(10-14)21(30-29-18)23-27-20-16(7-9-25-22(20)28-23)15-4-3-8-24-11-15/h3-12H,1-2H3,(H,29,30)(H,25,27,28). The molecule has 6 aromatic rings. The Bertz CT molecular complexity index is 1560. The lowest BCUT2D eigenvalue weighted by Gasteiger charge is -2.04. The van der Waals surface area contributed by atoms with Crippen molar-refractivity contribution in [3.05, 3.63) is 67.0 Å². The fraction of sp³-hybridized carbons (Fsp3) is 0.0870. The molecule has 2 N–H and O–H groups in total. The van der Waals surface area contributed by atoms with Crippen molar-refractivity contribution in [3.8, 4) is 33.9 Å². The van der Waals surface area contributed by atoms with Gasteiger partial charge >= 0.3 is 0 Å². The minimum absolute atomic E-state index is 0.644. The average Bonchev–Trinajstić information content (AvgIpc) is 3.50. The van der Waals surface area contributed by atoms with Crippen LogP contribution in [-0.2, 0) is 7.05 Å². The number of fused-ring (bicyclic) bond motifs is 2. The first-order valence-corrected chi connectivity index (χ1v) is 9.91. The van der Waals surface area contributed by atoms with Crippen molar-refractivity contribution < 1.29 is 0 Å². The number of imidazole rings is 2. The van der Waals surface area contributed by atoms with Gasteiger partial charge in [0.2, 0.25) is 0 Å². The van der Waals surface area contributed by atoms with Crippen molar-refractivity contribution in [1.29, 1.82) is 0 Å². The van der Waals surface area contributed by atoms with E-state index in [1.807, 2.05) is 50.6 Å². The molecule has 5 aromatic heterocycles. The number of aromatic nitrogens is 8. The van der Waals surface area contributed by atoms with Gasteiger partial charge in [-0.15, -0.1) is 0 Å². The lowest BCUT2D eigenvalue weighted by atomic mass is 10.1. The number of aromatic amines is 2. The van der Waals surface area contributed by atoms with Gasteiger partial charge in [0.1, 0.15) is 11.5 Å². The first-order valence-electron chi connectivity index (χ1n) is 9.91. The topological polar surface area (TPSA) is 101 Å². The molecule has 0 amide bonds. The zero-order valence-electron chi connectivity index (χ0n) is 17.0. The fourth-order valence-electron chi connectivity index (χ4n) is 3.91. The summed E-state index contributed by atoms with van der Waals surface area (Å²) in [6.45, 7) is 1.99. The highest BCUT2D eigenvalue weighted by Gasteiger charge is 2.17. The monoisotopic (exact) mass is 406 g/mol. The molecule has 5 heterocycles. The maximum absolute atomic E-state index is 4.73. The van der Waals surface area contributed by atoms with Gasteiger partial charge < -0.3 is 9.55 Å². The third kappa shape index (κ3) is 2.72. The second-order valence-corrected chi connectivity index (χ2v) is 7.47. The quantitative estimate of drug-likeness (QED) is 0.457. The van der Waals surface area contributed by atoms with Gasteiger partial charge in [0.05, 0.1) is 22.9 Å². The molecule has 0 fully saturated rings. The SMILES string of the molecule is Cc1ncc(-c2ccc3[nH]nc(-c4nc5nccc(-c6cccnc6)c5[nH]4)c3c2)n1C. The third-order valence-corrected chi connectivity index (χ3v) is 5.67. The van der Waals surface area contributed by atoms with Crippen molar-refractivity contribution in [3.63, 3.8) is 0 Å². The Morgan fingerprint density at radius 3 is 2.71 bits per heavy atom. The lowest BCUT2D eigenvalue weighted by molar-refractivity contribution is 0.865. The van der Waals surface area contributed by atoms with E-state index < -0.39 is 0 Å². The molecule has 0 aliphatic carbocycles. The van der Waals surface area contributed by atoms with E-state index in [-0.39, 0.29) is 0 Å². The molecule has 8 nitrogen and oxygen atoms in total. The molecule has 6 rings (SSSR count). The molecule has 0 bridgehead atoms. The molecule has 0 unspecified atom stereocenters. The average molecular weight is 406 g/mol. The Balaban J connectivity index is 1.52. The fourth-order valence-corrected chi connectivity index (χ4v) is 3.91. The van der Waals surface area contributed by atoms with Crippen LogP contribution in [0.5, 0.6) is 0 Å². The predicted molar refractivity (Wildman–Crippen MR) is 119 cm³/mol. The Morgan fingerprint density at radius 2 is 1.90 bits per heavy atom. The summed E-state index contributed by atoms with van der Waals surface area (Å²) in [5, 5.41) is 8.64. The number of nitrogens with zero attached hydrogens (tertiary/aromatic N) is 6. The van der Waals surface area contributed by atoms with Crippen molar-refractivity contribution in [2.75, 3.05) is 0 Å². The summed E-state index contributed by atoms with van der Waals surface area (Å²) in [5.74, 6) is 1.64. The first kappa shape index (κ1) is 17.5. The van der Waals surface area contributed by atoms with Gasteiger partial charge in [-0.2, -0.15) is 5.10 Å². The zero-order chi connectivity index (χ0) is 20.9.